The van der Waals surface area contributed by atoms with Crippen LogP contribution in [0.1, 0.15) is 18.4 Å². The molecule has 114 valence electrons. The van der Waals surface area contributed by atoms with Gasteiger partial charge in [-0.1, -0.05) is 0 Å². The SMILES string of the molecule is Cc1cncc2ncn(CCCCS(=O)c3ncccn3)c12. The van der Waals surface area contributed by atoms with Crippen molar-refractivity contribution in [1.82, 2.24) is 24.5 Å². The molecule has 0 aromatic carbocycles. The lowest BCUT2D eigenvalue weighted by Crippen LogP contribution is -2.05. The number of nitrogens with zero attached hydrogens (tertiary/aromatic N) is 5. The summed E-state index contributed by atoms with van der Waals surface area (Å²) in [4.78, 5) is 16.6. The summed E-state index contributed by atoms with van der Waals surface area (Å²) >= 11 is 0. The molecule has 1 atom stereocenters. The van der Waals surface area contributed by atoms with Crippen LogP contribution in [-0.2, 0) is 17.3 Å². The number of unbranched alkanes of at least 4 members (excludes halogenated alkanes) is 1. The minimum absolute atomic E-state index is 0.414. The molecule has 0 spiro atoms. The Morgan fingerprint density at radius 3 is 2.77 bits per heavy atom. The number of hydrogen-bond acceptors (Lipinski definition) is 5. The van der Waals surface area contributed by atoms with Crippen LogP contribution in [-0.4, -0.2) is 34.5 Å². The molecule has 0 N–H and O–H groups in total. The van der Waals surface area contributed by atoms with Gasteiger partial charge in [0.05, 0.1) is 28.8 Å². The molecule has 3 rings (SSSR count). The molecule has 0 saturated carbocycles. The summed E-state index contributed by atoms with van der Waals surface area (Å²) in [5.74, 6) is 0.581. The Balaban J connectivity index is 1.56. The van der Waals surface area contributed by atoms with E-state index in [9.17, 15) is 4.21 Å². The number of imidazole rings is 1. The maximum atomic E-state index is 12.0. The van der Waals surface area contributed by atoms with Gasteiger partial charge in [-0.05, 0) is 31.4 Å². The van der Waals surface area contributed by atoms with Crippen LogP contribution in [0.15, 0.2) is 42.3 Å². The van der Waals surface area contributed by atoms with Gasteiger partial charge in [0, 0.05) is 30.9 Å². The van der Waals surface area contributed by atoms with Crippen LogP contribution in [0.5, 0.6) is 0 Å². The number of rotatable bonds is 6. The Kier molecular flexibility index (Phi) is 4.53. The van der Waals surface area contributed by atoms with E-state index in [0.717, 1.165) is 36.0 Å². The third-order valence-electron chi connectivity index (χ3n) is 3.43. The summed E-state index contributed by atoms with van der Waals surface area (Å²) in [6.45, 7) is 2.89. The first-order valence-corrected chi connectivity index (χ1v) is 8.48. The summed E-state index contributed by atoms with van der Waals surface area (Å²) in [6.07, 6.45) is 10.5. The van der Waals surface area contributed by atoms with Crippen molar-refractivity contribution in [3.8, 4) is 0 Å². The molecule has 0 saturated heterocycles. The minimum Gasteiger partial charge on any atom is -0.330 e. The number of hydrogen-bond donors (Lipinski definition) is 0. The van der Waals surface area contributed by atoms with E-state index in [1.807, 2.05) is 19.4 Å². The predicted octanol–water partition coefficient (Wildman–Crippen LogP) is 2.12. The van der Waals surface area contributed by atoms with Crippen LogP contribution in [0.4, 0.5) is 0 Å². The van der Waals surface area contributed by atoms with Crippen molar-refractivity contribution in [2.45, 2.75) is 31.5 Å². The van der Waals surface area contributed by atoms with Crippen molar-refractivity contribution < 1.29 is 4.21 Å². The van der Waals surface area contributed by atoms with Gasteiger partial charge >= 0.3 is 0 Å². The summed E-state index contributed by atoms with van der Waals surface area (Å²) in [6, 6.07) is 1.72. The van der Waals surface area contributed by atoms with Gasteiger partial charge in [0.1, 0.15) is 5.52 Å². The number of pyridine rings is 1. The normalized spacial score (nSPS) is 12.6. The summed E-state index contributed by atoms with van der Waals surface area (Å²) in [5, 5.41) is 0.414. The van der Waals surface area contributed by atoms with Crippen LogP contribution in [0.3, 0.4) is 0 Å². The lowest BCUT2D eigenvalue weighted by molar-refractivity contribution is 0.635. The molecule has 0 aliphatic carbocycles. The first-order chi connectivity index (χ1) is 10.8. The molecule has 3 heterocycles. The molecular weight excluding hydrogens is 298 g/mol. The van der Waals surface area contributed by atoms with Crippen molar-refractivity contribution in [2.75, 3.05) is 5.75 Å². The first-order valence-electron chi connectivity index (χ1n) is 7.16. The Morgan fingerprint density at radius 1 is 1.14 bits per heavy atom. The molecule has 0 radical (unpaired) electrons. The molecule has 0 bridgehead atoms. The van der Waals surface area contributed by atoms with E-state index in [0.29, 0.717) is 10.9 Å². The maximum absolute atomic E-state index is 12.0. The van der Waals surface area contributed by atoms with Crippen LogP contribution < -0.4 is 0 Å². The smallest absolute Gasteiger partial charge is 0.218 e. The Hall–Kier alpha value is -2.15. The van der Waals surface area contributed by atoms with Gasteiger partial charge in [-0.15, -0.1) is 0 Å². The Labute approximate surface area is 131 Å². The molecule has 3 aromatic rings. The van der Waals surface area contributed by atoms with E-state index in [4.69, 9.17) is 0 Å². The lowest BCUT2D eigenvalue weighted by atomic mass is 10.2. The molecule has 7 heteroatoms. The van der Waals surface area contributed by atoms with Gasteiger partial charge in [0.15, 0.2) is 0 Å². The van der Waals surface area contributed by atoms with Crippen LogP contribution in [0.2, 0.25) is 0 Å². The quantitative estimate of drug-likeness (QED) is 0.514. The number of fused-ring (bicyclic) bond motifs is 1. The topological polar surface area (TPSA) is 73.6 Å². The number of aromatic nitrogens is 5. The van der Waals surface area contributed by atoms with Crippen LogP contribution in [0.25, 0.3) is 11.0 Å². The standard InChI is InChI=1S/C15H17N5OS/c1-12-9-16-10-13-14(12)20(11-19-13)7-2-3-8-22(21)15-17-5-4-6-18-15/h4-6,9-11H,2-3,7-8H2,1H3. The van der Waals surface area contributed by atoms with E-state index in [1.54, 1.807) is 24.7 Å². The lowest BCUT2D eigenvalue weighted by Gasteiger charge is -2.06. The largest absolute Gasteiger partial charge is 0.330 e. The molecule has 0 amide bonds. The highest BCUT2D eigenvalue weighted by molar-refractivity contribution is 7.84. The van der Waals surface area contributed by atoms with Gasteiger partial charge in [0.2, 0.25) is 5.16 Å². The van der Waals surface area contributed by atoms with Crippen molar-refractivity contribution >= 4 is 21.8 Å². The molecule has 3 aromatic heterocycles. The Morgan fingerprint density at radius 2 is 1.95 bits per heavy atom. The zero-order valence-corrected chi connectivity index (χ0v) is 13.2. The fraction of sp³-hybridized carbons (Fsp3) is 0.333. The predicted molar refractivity (Wildman–Crippen MR) is 84.8 cm³/mol. The van der Waals surface area contributed by atoms with Crippen LogP contribution >= 0.6 is 0 Å². The van der Waals surface area contributed by atoms with E-state index < -0.39 is 10.8 Å². The Bertz CT molecular complexity index is 787. The van der Waals surface area contributed by atoms with Crippen molar-refractivity contribution in [3.05, 3.63) is 42.7 Å². The summed E-state index contributed by atoms with van der Waals surface area (Å²) in [5.41, 5.74) is 3.17. The molecule has 0 aliphatic rings. The van der Waals surface area contributed by atoms with Gasteiger partial charge in [-0.25, -0.2) is 15.0 Å². The van der Waals surface area contributed by atoms with Gasteiger partial charge in [-0.3, -0.25) is 9.19 Å². The zero-order chi connectivity index (χ0) is 15.4. The van der Waals surface area contributed by atoms with Gasteiger partial charge in [-0.2, -0.15) is 0 Å². The number of aryl methyl sites for hydroxylation is 2. The molecule has 1 unspecified atom stereocenters. The van der Waals surface area contributed by atoms with Gasteiger partial charge < -0.3 is 4.57 Å². The fourth-order valence-electron chi connectivity index (χ4n) is 2.38. The van der Waals surface area contributed by atoms with Crippen molar-refractivity contribution in [3.63, 3.8) is 0 Å². The van der Waals surface area contributed by atoms with Crippen molar-refractivity contribution in [1.29, 1.82) is 0 Å². The van der Waals surface area contributed by atoms with Crippen LogP contribution in [0, 0.1) is 6.92 Å². The summed E-state index contributed by atoms with van der Waals surface area (Å²) in [7, 11) is -1.12. The second-order valence-electron chi connectivity index (χ2n) is 5.05. The highest BCUT2D eigenvalue weighted by Gasteiger charge is 2.08. The highest BCUT2D eigenvalue weighted by atomic mass is 32.2. The first kappa shape index (κ1) is 14.8. The average molecular weight is 315 g/mol. The zero-order valence-electron chi connectivity index (χ0n) is 12.3. The van der Waals surface area contributed by atoms with E-state index in [-0.39, 0.29) is 0 Å². The molecular formula is C15H17N5OS. The van der Waals surface area contributed by atoms with Gasteiger partial charge in [0.25, 0.3) is 0 Å². The average Bonchev–Trinajstić information content (AvgIpc) is 2.97. The van der Waals surface area contributed by atoms with Crippen molar-refractivity contribution in [2.24, 2.45) is 0 Å². The molecule has 6 nitrogen and oxygen atoms in total. The third-order valence-corrected chi connectivity index (χ3v) is 4.71. The second-order valence-corrected chi connectivity index (χ2v) is 6.51. The third kappa shape index (κ3) is 3.19. The molecule has 0 fully saturated rings. The van der Waals surface area contributed by atoms with E-state index in [2.05, 4.69) is 24.5 Å². The van der Waals surface area contributed by atoms with E-state index in [1.165, 1.54) is 0 Å². The summed E-state index contributed by atoms with van der Waals surface area (Å²) < 4.78 is 14.2. The van der Waals surface area contributed by atoms with E-state index >= 15 is 0 Å². The highest BCUT2D eigenvalue weighted by Crippen LogP contribution is 2.16. The molecule has 0 aliphatic heterocycles. The fourth-order valence-corrected chi connectivity index (χ4v) is 3.39. The maximum Gasteiger partial charge on any atom is 0.218 e. The monoisotopic (exact) mass is 315 g/mol. The molecule has 22 heavy (non-hydrogen) atoms. The minimum atomic E-state index is -1.12. The second kappa shape index (κ2) is 6.74.